The highest BCUT2D eigenvalue weighted by Gasteiger charge is 2.38. The first kappa shape index (κ1) is 18.7. The lowest BCUT2D eigenvalue weighted by atomic mass is 10.0. The van der Waals surface area contributed by atoms with Gasteiger partial charge in [0.15, 0.2) is 5.69 Å². The lowest BCUT2D eigenvalue weighted by molar-refractivity contribution is -0.143. The third-order valence-electron chi connectivity index (χ3n) is 3.92. The minimum Gasteiger partial charge on any atom is -0.476 e. The van der Waals surface area contributed by atoms with Crippen molar-refractivity contribution in [2.75, 3.05) is 0 Å². The normalized spacial score (nSPS) is 12.5. The highest BCUT2D eigenvalue weighted by molar-refractivity contribution is 6.01. The Balaban J connectivity index is 2.14. The molecule has 1 N–H and O–H groups in total. The summed E-state index contributed by atoms with van der Waals surface area (Å²) < 4.78 is 79.1. The van der Waals surface area contributed by atoms with Gasteiger partial charge in [0.25, 0.3) is 0 Å². The van der Waals surface area contributed by atoms with E-state index in [1.807, 2.05) is 0 Å². The summed E-state index contributed by atoms with van der Waals surface area (Å²) >= 11 is 0. The molecule has 0 atom stereocenters. The number of hydrogen-bond donors (Lipinski definition) is 1. The molecule has 0 spiro atoms. The second-order valence-electron chi connectivity index (χ2n) is 5.70. The van der Waals surface area contributed by atoms with Gasteiger partial charge in [0.2, 0.25) is 0 Å². The lowest BCUT2D eigenvalue weighted by Gasteiger charge is -2.16. The predicted octanol–water partition coefficient (Wildman–Crippen LogP) is 4.82. The molecule has 1 aromatic heterocycles. The number of carbonyl (C=O) groups is 1. The Morgan fingerprint density at radius 1 is 1.00 bits per heavy atom. The average molecular weight is 388 g/mol. The SMILES string of the molecule is O=C(O)c1nn(Cc2ccc(C(F)(F)F)cc2C(F)(F)F)c2ccccc12. The summed E-state index contributed by atoms with van der Waals surface area (Å²) in [5.41, 5.74) is -3.43. The Morgan fingerprint density at radius 3 is 2.26 bits per heavy atom. The predicted molar refractivity (Wildman–Crippen MR) is 82.2 cm³/mol. The molecule has 0 fully saturated rings. The maximum atomic E-state index is 13.3. The summed E-state index contributed by atoms with van der Waals surface area (Å²) in [6.45, 7) is -0.541. The molecule has 0 saturated heterocycles. The number of para-hydroxylation sites is 1. The van der Waals surface area contributed by atoms with Gasteiger partial charge in [0.1, 0.15) is 0 Å². The zero-order chi connectivity index (χ0) is 20.0. The number of hydrogen-bond acceptors (Lipinski definition) is 2. The average Bonchev–Trinajstić information content (AvgIpc) is 2.92. The summed E-state index contributed by atoms with van der Waals surface area (Å²) in [5, 5.41) is 13.2. The molecule has 10 heteroatoms. The van der Waals surface area contributed by atoms with Crippen LogP contribution in [0.3, 0.4) is 0 Å². The van der Waals surface area contributed by atoms with Crippen LogP contribution in [-0.4, -0.2) is 20.9 Å². The maximum Gasteiger partial charge on any atom is 0.416 e. The largest absolute Gasteiger partial charge is 0.476 e. The van der Waals surface area contributed by atoms with E-state index in [-0.39, 0.29) is 22.7 Å². The molecule has 2 aromatic carbocycles. The first-order valence-electron chi connectivity index (χ1n) is 7.44. The molecule has 4 nitrogen and oxygen atoms in total. The minimum absolute atomic E-state index is 0.0408. The van der Waals surface area contributed by atoms with Gasteiger partial charge in [-0.25, -0.2) is 4.79 Å². The van der Waals surface area contributed by atoms with Crippen LogP contribution in [0.2, 0.25) is 0 Å². The van der Waals surface area contributed by atoms with Crippen LogP contribution in [0.25, 0.3) is 10.9 Å². The van der Waals surface area contributed by atoms with Crippen molar-refractivity contribution in [3.05, 3.63) is 64.8 Å². The van der Waals surface area contributed by atoms with Gasteiger partial charge in [-0.3, -0.25) is 4.68 Å². The second kappa shape index (κ2) is 6.29. The Bertz CT molecular complexity index is 1020. The van der Waals surface area contributed by atoms with Crippen LogP contribution in [0.1, 0.15) is 27.2 Å². The Hall–Kier alpha value is -3.04. The Labute approximate surface area is 147 Å². The van der Waals surface area contributed by atoms with Crippen molar-refractivity contribution >= 4 is 16.9 Å². The van der Waals surface area contributed by atoms with E-state index in [9.17, 15) is 36.2 Å². The van der Waals surface area contributed by atoms with Gasteiger partial charge in [-0.2, -0.15) is 31.4 Å². The van der Waals surface area contributed by atoms with Crippen molar-refractivity contribution < 1.29 is 36.2 Å². The number of rotatable bonds is 3. The summed E-state index contributed by atoms with van der Waals surface area (Å²) in [6, 6.07) is 7.31. The molecule has 142 valence electrons. The maximum absolute atomic E-state index is 13.3. The molecule has 0 radical (unpaired) electrons. The first-order chi connectivity index (χ1) is 12.5. The van der Waals surface area contributed by atoms with Crippen molar-refractivity contribution in [3.63, 3.8) is 0 Å². The Kier molecular flexibility index (Phi) is 4.37. The van der Waals surface area contributed by atoms with Crippen molar-refractivity contribution in [1.82, 2.24) is 9.78 Å². The van der Waals surface area contributed by atoms with E-state index in [2.05, 4.69) is 5.10 Å². The number of fused-ring (bicyclic) bond motifs is 1. The minimum atomic E-state index is -5.02. The van der Waals surface area contributed by atoms with Gasteiger partial charge in [-0.15, -0.1) is 0 Å². The summed E-state index contributed by atoms with van der Waals surface area (Å²) in [5.74, 6) is -1.37. The van der Waals surface area contributed by atoms with E-state index >= 15 is 0 Å². The lowest BCUT2D eigenvalue weighted by Crippen LogP contribution is -2.15. The van der Waals surface area contributed by atoms with Gasteiger partial charge in [-0.05, 0) is 23.8 Å². The van der Waals surface area contributed by atoms with E-state index in [1.165, 1.54) is 12.1 Å². The highest BCUT2D eigenvalue weighted by Crippen LogP contribution is 2.37. The van der Waals surface area contributed by atoms with E-state index in [1.54, 1.807) is 12.1 Å². The molecule has 0 aliphatic rings. The standard InChI is InChI=1S/C17H10F6N2O2/c18-16(19,20)10-6-5-9(12(7-10)17(21,22)23)8-25-13-4-2-1-3-11(13)14(24-25)15(26)27/h1-7H,8H2,(H,26,27). The van der Waals surface area contributed by atoms with Crippen LogP contribution < -0.4 is 0 Å². The molecule has 0 aliphatic heterocycles. The summed E-state index contributed by atoms with van der Waals surface area (Å²) in [4.78, 5) is 11.3. The smallest absolute Gasteiger partial charge is 0.416 e. The molecule has 0 aliphatic carbocycles. The number of aromatic carboxylic acids is 1. The molecular weight excluding hydrogens is 378 g/mol. The number of benzene rings is 2. The molecule has 3 aromatic rings. The van der Waals surface area contributed by atoms with Crippen molar-refractivity contribution in [1.29, 1.82) is 0 Å². The third kappa shape index (κ3) is 3.60. The number of carboxylic acids is 1. The molecule has 1 heterocycles. The molecule has 0 unspecified atom stereocenters. The van der Waals surface area contributed by atoms with Crippen molar-refractivity contribution in [2.24, 2.45) is 0 Å². The second-order valence-corrected chi connectivity index (χ2v) is 5.70. The molecular formula is C17H10F6N2O2. The van der Waals surface area contributed by atoms with E-state index in [4.69, 9.17) is 0 Å². The van der Waals surface area contributed by atoms with Crippen molar-refractivity contribution in [2.45, 2.75) is 18.9 Å². The number of aromatic nitrogens is 2. The first-order valence-corrected chi connectivity index (χ1v) is 7.44. The van der Waals surface area contributed by atoms with Crippen LogP contribution in [0.4, 0.5) is 26.3 Å². The topological polar surface area (TPSA) is 55.1 Å². The van der Waals surface area contributed by atoms with Crippen molar-refractivity contribution in [3.8, 4) is 0 Å². The van der Waals surface area contributed by atoms with Gasteiger partial charge in [0.05, 0.1) is 23.2 Å². The quantitative estimate of drug-likeness (QED) is 0.655. The highest BCUT2D eigenvalue weighted by atomic mass is 19.4. The molecule has 0 amide bonds. The number of alkyl halides is 6. The molecule has 0 saturated carbocycles. The van der Waals surface area contributed by atoms with Crippen LogP contribution in [0.5, 0.6) is 0 Å². The Morgan fingerprint density at radius 2 is 1.67 bits per heavy atom. The molecule has 3 rings (SSSR count). The fourth-order valence-electron chi connectivity index (χ4n) is 2.72. The third-order valence-corrected chi connectivity index (χ3v) is 3.92. The summed E-state index contributed by atoms with van der Waals surface area (Å²) in [6.07, 6.45) is -9.94. The van der Waals surface area contributed by atoms with Crippen LogP contribution in [0.15, 0.2) is 42.5 Å². The monoisotopic (exact) mass is 388 g/mol. The number of halogens is 6. The van der Waals surface area contributed by atoms with Crippen LogP contribution >= 0.6 is 0 Å². The van der Waals surface area contributed by atoms with Gasteiger partial charge < -0.3 is 5.11 Å². The number of nitrogens with zero attached hydrogens (tertiary/aromatic N) is 2. The van der Waals surface area contributed by atoms with E-state index in [0.717, 1.165) is 10.7 Å². The zero-order valence-corrected chi connectivity index (χ0v) is 13.3. The van der Waals surface area contributed by atoms with Gasteiger partial charge >= 0.3 is 18.3 Å². The fraction of sp³-hybridized carbons (Fsp3) is 0.176. The fourth-order valence-corrected chi connectivity index (χ4v) is 2.72. The number of carboxylic acid groups (broad SMARTS) is 1. The molecule has 27 heavy (non-hydrogen) atoms. The zero-order valence-electron chi connectivity index (χ0n) is 13.3. The van der Waals surface area contributed by atoms with E-state index in [0.29, 0.717) is 6.07 Å². The van der Waals surface area contributed by atoms with Crippen LogP contribution in [0, 0.1) is 0 Å². The van der Waals surface area contributed by atoms with E-state index < -0.39 is 41.6 Å². The summed E-state index contributed by atoms with van der Waals surface area (Å²) in [7, 11) is 0. The van der Waals surface area contributed by atoms with Crippen LogP contribution in [-0.2, 0) is 18.9 Å². The van der Waals surface area contributed by atoms with Gasteiger partial charge in [0, 0.05) is 5.39 Å². The van der Waals surface area contributed by atoms with Gasteiger partial charge in [-0.1, -0.05) is 24.3 Å². The molecule has 0 bridgehead atoms.